The number of aliphatic hydroxyl groups is 1. The lowest BCUT2D eigenvalue weighted by Gasteiger charge is -2.12. The standard InChI is InChI=1S/C8H8Cl2FNO.ClH/c9-4-1-2-5(10)8(11)7(4)6(12)3-13;/h1-2,6,13H,3,12H2;1H/t6-;/m0./s1. The SMILES string of the molecule is Cl.N[C@@H](CO)c1c(Cl)ccc(Cl)c1F. The van der Waals surface area contributed by atoms with E-state index >= 15 is 0 Å². The Balaban J connectivity index is 0.00000169. The van der Waals surface area contributed by atoms with E-state index in [2.05, 4.69) is 0 Å². The Morgan fingerprint density at radius 1 is 1.36 bits per heavy atom. The molecular formula is C8H9Cl3FNO. The molecule has 80 valence electrons. The van der Waals surface area contributed by atoms with Crippen molar-refractivity contribution < 1.29 is 9.50 Å². The van der Waals surface area contributed by atoms with Crippen molar-refractivity contribution in [3.8, 4) is 0 Å². The first kappa shape index (κ1) is 13.9. The van der Waals surface area contributed by atoms with E-state index in [1.807, 2.05) is 0 Å². The van der Waals surface area contributed by atoms with Crippen molar-refractivity contribution in [2.75, 3.05) is 6.61 Å². The smallest absolute Gasteiger partial charge is 0.148 e. The Morgan fingerprint density at radius 3 is 2.36 bits per heavy atom. The monoisotopic (exact) mass is 259 g/mol. The first-order valence-electron chi connectivity index (χ1n) is 3.57. The van der Waals surface area contributed by atoms with E-state index in [4.69, 9.17) is 34.0 Å². The largest absolute Gasteiger partial charge is 0.394 e. The second-order valence-corrected chi connectivity index (χ2v) is 3.36. The molecule has 0 aromatic heterocycles. The lowest BCUT2D eigenvalue weighted by molar-refractivity contribution is 0.265. The fourth-order valence-electron chi connectivity index (χ4n) is 0.974. The van der Waals surface area contributed by atoms with Gasteiger partial charge >= 0.3 is 0 Å². The number of nitrogens with two attached hydrogens (primary N) is 1. The molecule has 14 heavy (non-hydrogen) atoms. The topological polar surface area (TPSA) is 46.2 Å². The van der Waals surface area contributed by atoms with Crippen LogP contribution < -0.4 is 5.73 Å². The fraction of sp³-hybridized carbons (Fsp3) is 0.250. The van der Waals surface area contributed by atoms with Crippen LogP contribution in [0.4, 0.5) is 4.39 Å². The minimum atomic E-state index is -0.841. The van der Waals surface area contributed by atoms with E-state index < -0.39 is 11.9 Å². The molecule has 0 amide bonds. The first-order chi connectivity index (χ1) is 6.07. The van der Waals surface area contributed by atoms with Crippen LogP contribution in [0.2, 0.25) is 10.0 Å². The van der Waals surface area contributed by atoms with Gasteiger partial charge in [-0.1, -0.05) is 23.2 Å². The van der Waals surface area contributed by atoms with Gasteiger partial charge < -0.3 is 10.8 Å². The van der Waals surface area contributed by atoms with E-state index in [0.29, 0.717) is 0 Å². The van der Waals surface area contributed by atoms with Crippen molar-refractivity contribution >= 4 is 35.6 Å². The van der Waals surface area contributed by atoms with Crippen molar-refractivity contribution in [1.29, 1.82) is 0 Å². The van der Waals surface area contributed by atoms with Crippen LogP contribution >= 0.6 is 35.6 Å². The molecule has 0 aliphatic carbocycles. The third kappa shape index (κ3) is 2.72. The van der Waals surface area contributed by atoms with Crippen LogP contribution in [0.1, 0.15) is 11.6 Å². The molecule has 2 nitrogen and oxygen atoms in total. The van der Waals surface area contributed by atoms with Gasteiger partial charge in [-0.15, -0.1) is 12.4 Å². The normalized spacial score (nSPS) is 12.1. The molecule has 0 aliphatic rings. The number of halogens is 4. The summed E-state index contributed by atoms with van der Waals surface area (Å²) in [5, 5.41) is 8.85. The molecule has 0 unspecified atom stereocenters. The molecule has 1 rings (SSSR count). The van der Waals surface area contributed by atoms with Gasteiger partial charge in [0.1, 0.15) is 5.82 Å². The van der Waals surface area contributed by atoms with Gasteiger partial charge in [0.25, 0.3) is 0 Å². The third-order valence-corrected chi connectivity index (χ3v) is 2.27. The lowest BCUT2D eigenvalue weighted by atomic mass is 10.1. The molecule has 1 aromatic carbocycles. The van der Waals surface area contributed by atoms with Gasteiger partial charge in [0.2, 0.25) is 0 Å². The average molecular weight is 261 g/mol. The Bertz CT molecular complexity index is 322. The van der Waals surface area contributed by atoms with Crippen molar-refractivity contribution in [3.05, 3.63) is 33.6 Å². The van der Waals surface area contributed by atoms with Crippen molar-refractivity contribution in [2.45, 2.75) is 6.04 Å². The van der Waals surface area contributed by atoms with Gasteiger partial charge in [-0.05, 0) is 12.1 Å². The van der Waals surface area contributed by atoms with Gasteiger partial charge in [-0.2, -0.15) is 0 Å². The molecule has 0 heterocycles. The van der Waals surface area contributed by atoms with Gasteiger partial charge in [0.05, 0.1) is 17.7 Å². The molecule has 6 heteroatoms. The maximum Gasteiger partial charge on any atom is 0.148 e. The number of aliphatic hydroxyl groups excluding tert-OH is 1. The lowest BCUT2D eigenvalue weighted by Crippen LogP contribution is -2.16. The summed E-state index contributed by atoms with van der Waals surface area (Å²) in [5.74, 6) is -0.671. The zero-order valence-electron chi connectivity index (χ0n) is 7.01. The second-order valence-electron chi connectivity index (χ2n) is 2.55. The van der Waals surface area contributed by atoms with Crippen molar-refractivity contribution in [1.82, 2.24) is 0 Å². The highest BCUT2D eigenvalue weighted by molar-refractivity contribution is 6.33. The number of hydrogen-bond acceptors (Lipinski definition) is 2. The Hall–Kier alpha value is -0.0600. The maximum atomic E-state index is 13.3. The molecule has 1 atom stereocenters. The summed E-state index contributed by atoms with van der Waals surface area (Å²) in [7, 11) is 0. The summed E-state index contributed by atoms with van der Waals surface area (Å²) in [4.78, 5) is 0. The zero-order valence-corrected chi connectivity index (χ0v) is 9.33. The first-order valence-corrected chi connectivity index (χ1v) is 4.33. The molecule has 1 aromatic rings. The molecule has 0 spiro atoms. The predicted molar refractivity (Wildman–Crippen MR) is 57.7 cm³/mol. The van der Waals surface area contributed by atoms with E-state index in [-0.39, 0.29) is 34.6 Å². The van der Waals surface area contributed by atoms with Crippen LogP contribution in [-0.2, 0) is 0 Å². The van der Waals surface area contributed by atoms with E-state index in [1.165, 1.54) is 12.1 Å². The third-order valence-electron chi connectivity index (χ3n) is 1.65. The maximum absolute atomic E-state index is 13.3. The minimum absolute atomic E-state index is 0. The zero-order chi connectivity index (χ0) is 10.0. The molecule has 0 fully saturated rings. The quantitative estimate of drug-likeness (QED) is 0.803. The number of rotatable bonds is 2. The highest BCUT2D eigenvalue weighted by atomic mass is 35.5. The van der Waals surface area contributed by atoms with Gasteiger partial charge in [0, 0.05) is 10.6 Å². The minimum Gasteiger partial charge on any atom is -0.394 e. The molecule has 0 saturated heterocycles. The molecule has 3 N–H and O–H groups in total. The Morgan fingerprint density at radius 2 is 1.86 bits per heavy atom. The fourth-order valence-corrected chi connectivity index (χ4v) is 1.42. The number of hydrogen-bond donors (Lipinski definition) is 2. The second kappa shape index (κ2) is 5.73. The van der Waals surface area contributed by atoms with E-state index in [1.54, 1.807) is 0 Å². The van der Waals surface area contributed by atoms with Crippen molar-refractivity contribution in [3.63, 3.8) is 0 Å². The Kier molecular flexibility index (Phi) is 5.71. The molecule has 0 radical (unpaired) electrons. The molecular weight excluding hydrogens is 251 g/mol. The van der Waals surface area contributed by atoms with Crippen LogP contribution in [-0.4, -0.2) is 11.7 Å². The predicted octanol–water partition coefficient (Wildman–Crippen LogP) is 2.55. The average Bonchev–Trinajstić information content (AvgIpc) is 2.12. The van der Waals surface area contributed by atoms with Crippen LogP contribution in [0.15, 0.2) is 12.1 Å². The summed E-state index contributed by atoms with van der Waals surface area (Å²) in [5.41, 5.74) is 5.48. The summed E-state index contributed by atoms with van der Waals surface area (Å²) in [6, 6.07) is 1.94. The molecule has 0 bridgehead atoms. The van der Waals surface area contributed by atoms with Crippen molar-refractivity contribution in [2.24, 2.45) is 5.73 Å². The summed E-state index contributed by atoms with van der Waals surface area (Å²) < 4.78 is 13.3. The summed E-state index contributed by atoms with van der Waals surface area (Å²) in [6.07, 6.45) is 0. The van der Waals surface area contributed by atoms with Gasteiger partial charge in [-0.3, -0.25) is 0 Å². The molecule has 0 aliphatic heterocycles. The summed E-state index contributed by atoms with van der Waals surface area (Å²) >= 11 is 11.2. The van der Waals surface area contributed by atoms with Crippen LogP contribution in [0.5, 0.6) is 0 Å². The Labute approximate surface area is 97.2 Å². The van der Waals surface area contributed by atoms with Crippen LogP contribution in [0.3, 0.4) is 0 Å². The van der Waals surface area contributed by atoms with Crippen LogP contribution in [0, 0.1) is 5.82 Å². The number of benzene rings is 1. The van der Waals surface area contributed by atoms with Gasteiger partial charge in [-0.25, -0.2) is 4.39 Å². The summed E-state index contributed by atoms with van der Waals surface area (Å²) in [6.45, 7) is -0.378. The van der Waals surface area contributed by atoms with E-state index in [0.717, 1.165) is 0 Å². The van der Waals surface area contributed by atoms with Gasteiger partial charge in [0.15, 0.2) is 0 Å². The molecule has 0 saturated carbocycles. The highest BCUT2D eigenvalue weighted by Crippen LogP contribution is 2.29. The van der Waals surface area contributed by atoms with Crippen LogP contribution in [0.25, 0.3) is 0 Å². The highest BCUT2D eigenvalue weighted by Gasteiger charge is 2.16. The van der Waals surface area contributed by atoms with E-state index in [9.17, 15) is 4.39 Å².